The fourth-order valence-corrected chi connectivity index (χ4v) is 2.58. The molecule has 116 valence electrons. The number of urea groups is 1. The molecule has 1 saturated heterocycles. The summed E-state index contributed by atoms with van der Waals surface area (Å²) in [6.45, 7) is 5.95. The van der Waals surface area contributed by atoms with Crippen molar-refractivity contribution in [2.45, 2.75) is 45.6 Å². The summed E-state index contributed by atoms with van der Waals surface area (Å²) in [5, 5.41) is 17.6. The number of likely N-dealkylation sites (tertiary alicyclic amines) is 1. The lowest BCUT2D eigenvalue weighted by Crippen LogP contribution is -2.46. The summed E-state index contributed by atoms with van der Waals surface area (Å²) in [6.07, 6.45) is 2.24. The van der Waals surface area contributed by atoms with Gasteiger partial charge in [0.1, 0.15) is 0 Å². The van der Waals surface area contributed by atoms with E-state index in [1.54, 1.807) is 4.90 Å². The van der Waals surface area contributed by atoms with Gasteiger partial charge in [0, 0.05) is 38.7 Å². The second-order valence-electron chi connectivity index (χ2n) is 5.68. The molecule has 0 aliphatic carbocycles. The van der Waals surface area contributed by atoms with Crippen LogP contribution in [0.1, 0.15) is 39.5 Å². The van der Waals surface area contributed by atoms with E-state index in [9.17, 15) is 9.59 Å². The Labute approximate surface area is 120 Å². The Balaban J connectivity index is 2.50. The van der Waals surface area contributed by atoms with Crippen molar-refractivity contribution in [3.8, 4) is 0 Å². The maximum Gasteiger partial charge on any atom is 0.320 e. The molecule has 2 N–H and O–H groups in total. The lowest BCUT2D eigenvalue weighted by molar-refractivity contribution is -0.137. The standard InChI is InChI=1S/C14H26N2O4/c1-11(2)16(7-3-4-13(18)19)14(20)15-8-5-12(10-15)6-9-17/h11-12,17H,3-10H2,1-2H3,(H,18,19). The van der Waals surface area contributed by atoms with Crippen LogP contribution in [0, 0.1) is 5.92 Å². The third kappa shape index (κ3) is 5.00. The van der Waals surface area contributed by atoms with E-state index in [2.05, 4.69) is 0 Å². The maximum absolute atomic E-state index is 12.5. The summed E-state index contributed by atoms with van der Waals surface area (Å²) in [4.78, 5) is 26.6. The average Bonchev–Trinajstić information content (AvgIpc) is 2.82. The number of carbonyl (C=O) groups is 2. The summed E-state index contributed by atoms with van der Waals surface area (Å²) in [5.41, 5.74) is 0. The van der Waals surface area contributed by atoms with Crippen molar-refractivity contribution in [1.29, 1.82) is 0 Å². The second kappa shape index (κ2) is 8.09. The van der Waals surface area contributed by atoms with Crippen LogP contribution in [0.5, 0.6) is 0 Å². The molecule has 1 fully saturated rings. The molecule has 1 rings (SSSR count). The highest BCUT2D eigenvalue weighted by Crippen LogP contribution is 2.21. The topological polar surface area (TPSA) is 81.1 Å². The molecule has 1 aliphatic rings. The third-order valence-electron chi connectivity index (χ3n) is 3.75. The molecule has 0 spiro atoms. The molecule has 1 heterocycles. The van der Waals surface area contributed by atoms with Gasteiger partial charge in [0.2, 0.25) is 0 Å². The summed E-state index contributed by atoms with van der Waals surface area (Å²) < 4.78 is 0. The van der Waals surface area contributed by atoms with Crippen LogP contribution in [-0.2, 0) is 4.79 Å². The van der Waals surface area contributed by atoms with Gasteiger partial charge in [0.05, 0.1) is 0 Å². The Morgan fingerprint density at radius 2 is 2.10 bits per heavy atom. The number of carbonyl (C=O) groups excluding carboxylic acids is 1. The highest BCUT2D eigenvalue weighted by Gasteiger charge is 2.29. The molecule has 0 aromatic rings. The van der Waals surface area contributed by atoms with Gasteiger partial charge in [0.15, 0.2) is 0 Å². The lowest BCUT2D eigenvalue weighted by atomic mass is 10.1. The van der Waals surface area contributed by atoms with E-state index in [4.69, 9.17) is 10.2 Å². The molecule has 0 saturated carbocycles. The molecular weight excluding hydrogens is 260 g/mol. The van der Waals surface area contributed by atoms with Crippen molar-refractivity contribution in [3.05, 3.63) is 0 Å². The van der Waals surface area contributed by atoms with Crippen LogP contribution in [0.25, 0.3) is 0 Å². The molecular formula is C14H26N2O4. The van der Waals surface area contributed by atoms with Gasteiger partial charge in [-0.3, -0.25) is 4.79 Å². The molecule has 0 bridgehead atoms. The van der Waals surface area contributed by atoms with Crippen LogP contribution in [0.15, 0.2) is 0 Å². The van der Waals surface area contributed by atoms with Crippen molar-refractivity contribution in [2.75, 3.05) is 26.2 Å². The van der Waals surface area contributed by atoms with Gasteiger partial charge >= 0.3 is 12.0 Å². The van der Waals surface area contributed by atoms with Gasteiger partial charge in [-0.15, -0.1) is 0 Å². The summed E-state index contributed by atoms with van der Waals surface area (Å²) in [6, 6.07) is 0.0546. The van der Waals surface area contributed by atoms with Crippen molar-refractivity contribution in [2.24, 2.45) is 5.92 Å². The number of nitrogens with zero attached hydrogens (tertiary/aromatic N) is 2. The number of aliphatic hydroxyl groups excluding tert-OH is 1. The van der Waals surface area contributed by atoms with E-state index in [1.807, 2.05) is 18.7 Å². The molecule has 0 radical (unpaired) electrons. The first kappa shape index (κ1) is 16.8. The van der Waals surface area contributed by atoms with E-state index in [0.717, 1.165) is 19.4 Å². The minimum absolute atomic E-state index is 0.00849. The predicted octanol–water partition coefficient (Wildman–Crippen LogP) is 1.39. The van der Waals surface area contributed by atoms with Crippen LogP contribution in [0.3, 0.4) is 0 Å². The van der Waals surface area contributed by atoms with E-state index < -0.39 is 5.97 Å². The van der Waals surface area contributed by atoms with Gasteiger partial charge in [-0.05, 0) is 39.0 Å². The SMILES string of the molecule is CC(C)N(CCCC(=O)O)C(=O)N1CCC(CCO)C1. The first-order valence-electron chi connectivity index (χ1n) is 7.34. The van der Waals surface area contributed by atoms with Crippen LogP contribution in [0.2, 0.25) is 0 Å². The van der Waals surface area contributed by atoms with Gasteiger partial charge < -0.3 is 20.0 Å². The number of carboxylic acid groups (broad SMARTS) is 1. The third-order valence-corrected chi connectivity index (χ3v) is 3.75. The Morgan fingerprint density at radius 1 is 1.40 bits per heavy atom. The van der Waals surface area contributed by atoms with E-state index in [1.165, 1.54) is 0 Å². The van der Waals surface area contributed by atoms with E-state index in [-0.39, 0.29) is 25.1 Å². The summed E-state index contributed by atoms with van der Waals surface area (Å²) in [5.74, 6) is -0.442. The highest BCUT2D eigenvalue weighted by molar-refractivity contribution is 5.75. The molecule has 1 unspecified atom stereocenters. The Bertz CT molecular complexity index is 333. The van der Waals surface area contributed by atoms with Crippen LogP contribution in [-0.4, -0.2) is 64.3 Å². The van der Waals surface area contributed by atoms with E-state index >= 15 is 0 Å². The number of carboxylic acids is 1. The monoisotopic (exact) mass is 286 g/mol. The minimum atomic E-state index is -0.828. The first-order chi connectivity index (χ1) is 9.45. The Morgan fingerprint density at radius 3 is 2.65 bits per heavy atom. The predicted molar refractivity (Wildman–Crippen MR) is 75.5 cm³/mol. The molecule has 0 aromatic heterocycles. The second-order valence-corrected chi connectivity index (χ2v) is 5.68. The highest BCUT2D eigenvalue weighted by atomic mass is 16.4. The van der Waals surface area contributed by atoms with E-state index in [0.29, 0.717) is 25.4 Å². The number of hydrogen-bond acceptors (Lipinski definition) is 3. The molecule has 6 heteroatoms. The largest absolute Gasteiger partial charge is 0.481 e. The quantitative estimate of drug-likeness (QED) is 0.741. The number of aliphatic hydroxyl groups is 1. The molecule has 6 nitrogen and oxygen atoms in total. The molecule has 20 heavy (non-hydrogen) atoms. The van der Waals surface area contributed by atoms with Crippen LogP contribution >= 0.6 is 0 Å². The molecule has 1 atom stereocenters. The van der Waals surface area contributed by atoms with Gasteiger partial charge in [-0.25, -0.2) is 4.79 Å². The minimum Gasteiger partial charge on any atom is -0.481 e. The number of amides is 2. The van der Waals surface area contributed by atoms with Gasteiger partial charge in [-0.2, -0.15) is 0 Å². The average molecular weight is 286 g/mol. The van der Waals surface area contributed by atoms with Crippen LogP contribution in [0.4, 0.5) is 4.79 Å². The number of aliphatic carboxylic acids is 1. The Hall–Kier alpha value is -1.30. The summed E-state index contributed by atoms with van der Waals surface area (Å²) >= 11 is 0. The van der Waals surface area contributed by atoms with Crippen molar-refractivity contribution in [3.63, 3.8) is 0 Å². The zero-order valence-electron chi connectivity index (χ0n) is 12.4. The number of rotatable bonds is 7. The van der Waals surface area contributed by atoms with Crippen molar-refractivity contribution >= 4 is 12.0 Å². The molecule has 1 aliphatic heterocycles. The fourth-order valence-electron chi connectivity index (χ4n) is 2.58. The van der Waals surface area contributed by atoms with Crippen molar-refractivity contribution in [1.82, 2.24) is 9.80 Å². The lowest BCUT2D eigenvalue weighted by Gasteiger charge is -2.31. The molecule has 0 aromatic carbocycles. The van der Waals surface area contributed by atoms with Crippen molar-refractivity contribution < 1.29 is 19.8 Å². The normalized spacial score (nSPS) is 18.6. The van der Waals surface area contributed by atoms with Crippen LogP contribution < -0.4 is 0 Å². The molecule has 2 amide bonds. The maximum atomic E-state index is 12.5. The zero-order valence-corrected chi connectivity index (χ0v) is 12.4. The smallest absolute Gasteiger partial charge is 0.320 e. The Kier molecular flexibility index (Phi) is 6.78. The first-order valence-corrected chi connectivity index (χ1v) is 7.34. The zero-order chi connectivity index (χ0) is 15.1. The summed E-state index contributed by atoms with van der Waals surface area (Å²) in [7, 11) is 0. The fraction of sp³-hybridized carbons (Fsp3) is 0.857. The van der Waals surface area contributed by atoms with Gasteiger partial charge in [0.25, 0.3) is 0 Å². The van der Waals surface area contributed by atoms with Gasteiger partial charge in [-0.1, -0.05) is 0 Å². The number of hydrogen-bond donors (Lipinski definition) is 2.